The first-order valence-corrected chi connectivity index (χ1v) is 5.98. The van der Waals surface area contributed by atoms with Crippen molar-refractivity contribution in [3.63, 3.8) is 0 Å². The van der Waals surface area contributed by atoms with Gasteiger partial charge in [-0.25, -0.2) is 8.42 Å². The highest BCUT2D eigenvalue weighted by Crippen LogP contribution is 2.07. The van der Waals surface area contributed by atoms with Crippen LogP contribution in [0.15, 0.2) is 24.3 Å². The summed E-state index contributed by atoms with van der Waals surface area (Å²) >= 11 is 0. The Balaban J connectivity index is 2.80. The summed E-state index contributed by atoms with van der Waals surface area (Å²) in [6.07, 6.45) is 0. The molecule has 1 rings (SSSR count). The highest BCUT2D eigenvalue weighted by molar-refractivity contribution is 7.90. The summed E-state index contributed by atoms with van der Waals surface area (Å²) in [6.45, 7) is 1.94. The lowest BCUT2D eigenvalue weighted by atomic mass is 10.2. The zero-order valence-electron chi connectivity index (χ0n) is 7.90. The van der Waals surface area contributed by atoms with E-state index >= 15 is 0 Å². The van der Waals surface area contributed by atoms with Crippen molar-refractivity contribution in [1.82, 2.24) is 0 Å². The van der Waals surface area contributed by atoms with E-state index in [4.69, 9.17) is 5.26 Å². The Morgan fingerprint density at radius 2 is 1.86 bits per heavy atom. The van der Waals surface area contributed by atoms with Crippen LogP contribution in [0.2, 0.25) is 0 Å². The Kier molecular flexibility index (Phi) is 3.26. The van der Waals surface area contributed by atoms with Crippen molar-refractivity contribution >= 4 is 9.84 Å². The van der Waals surface area contributed by atoms with E-state index in [-0.39, 0.29) is 5.75 Å². The van der Waals surface area contributed by atoms with Crippen LogP contribution in [0.25, 0.3) is 0 Å². The second-order valence-corrected chi connectivity index (χ2v) is 5.24. The summed E-state index contributed by atoms with van der Waals surface area (Å²) in [4.78, 5) is 0. The maximum Gasteiger partial charge on any atom is 0.167 e. The number of rotatable bonds is 3. The Labute approximate surface area is 83.9 Å². The maximum absolute atomic E-state index is 11.3. The average Bonchev–Trinajstić information content (AvgIpc) is 2.08. The van der Waals surface area contributed by atoms with Gasteiger partial charge in [-0.3, -0.25) is 0 Å². The van der Waals surface area contributed by atoms with Crippen molar-refractivity contribution in [1.29, 1.82) is 5.26 Å². The molecule has 0 bridgehead atoms. The number of hydrogen-bond donors (Lipinski definition) is 0. The highest BCUT2D eigenvalue weighted by Gasteiger charge is 2.10. The fraction of sp³-hybridized carbons (Fsp3) is 0.300. The van der Waals surface area contributed by atoms with Crippen LogP contribution >= 0.6 is 0 Å². The molecule has 0 aromatic heterocycles. The average molecular weight is 209 g/mol. The molecule has 0 saturated heterocycles. The largest absolute Gasteiger partial charge is 0.227 e. The molecule has 1 aromatic rings. The summed E-state index contributed by atoms with van der Waals surface area (Å²) < 4.78 is 22.5. The number of benzene rings is 1. The molecule has 0 fully saturated rings. The fourth-order valence-electron chi connectivity index (χ4n) is 1.09. The van der Waals surface area contributed by atoms with Gasteiger partial charge in [-0.15, -0.1) is 0 Å². The van der Waals surface area contributed by atoms with E-state index in [0.29, 0.717) is 0 Å². The topological polar surface area (TPSA) is 57.9 Å². The maximum atomic E-state index is 11.3. The van der Waals surface area contributed by atoms with Gasteiger partial charge in [0.15, 0.2) is 9.84 Å². The van der Waals surface area contributed by atoms with Crippen LogP contribution in [-0.4, -0.2) is 14.2 Å². The lowest BCUT2D eigenvalue weighted by Crippen LogP contribution is -2.07. The highest BCUT2D eigenvalue weighted by atomic mass is 32.2. The molecule has 14 heavy (non-hydrogen) atoms. The van der Waals surface area contributed by atoms with Crippen molar-refractivity contribution in [2.75, 3.05) is 5.75 Å². The van der Waals surface area contributed by atoms with Gasteiger partial charge >= 0.3 is 0 Å². The zero-order chi connectivity index (χ0) is 10.6. The molecule has 0 saturated carbocycles. The molecule has 0 amide bonds. The molecule has 0 heterocycles. The molecule has 1 aromatic carbocycles. The molecular formula is C10H11NO2S. The van der Waals surface area contributed by atoms with Crippen LogP contribution in [0.4, 0.5) is 0 Å². The third kappa shape index (κ3) is 3.19. The number of nitrogens with zero attached hydrogens (tertiary/aromatic N) is 1. The quantitative estimate of drug-likeness (QED) is 0.756. The molecule has 0 spiro atoms. The standard InChI is InChI=1S/C10H11NO2S/c1-9-2-4-10(5-3-9)8-14(12,13)7-6-11/h2-5H,7-8H2,1H3. The van der Waals surface area contributed by atoms with Crippen molar-refractivity contribution in [3.05, 3.63) is 35.4 Å². The monoisotopic (exact) mass is 209 g/mol. The Morgan fingerprint density at radius 3 is 2.36 bits per heavy atom. The van der Waals surface area contributed by atoms with Crippen molar-refractivity contribution in [2.24, 2.45) is 0 Å². The van der Waals surface area contributed by atoms with Gasteiger partial charge in [-0.1, -0.05) is 29.8 Å². The molecule has 0 aliphatic heterocycles. The summed E-state index contributed by atoms with van der Waals surface area (Å²) in [5, 5.41) is 8.29. The third-order valence-electron chi connectivity index (χ3n) is 1.79. The minimum atomic E-state index is -3.26. The molecule has 0 aliphatic carbocycles. The number of nitriles is 1. The first-order valence-electron chi connectivity index (χ1n) is 4.16. The molecule has 0 aliphatic rings. The van der Waals surface area contributed by atoms with E-state index in [1.54, 1.807) is 18.2 Å². The minimum Gasteiger partial charge on any atom is -0.227 e. The Bertz CT molecular complexity index is 440. The van der Waals surface area contributed by atoms with E-state index < -0.39 is 15.6 Å². The van der Waals surface area contributed by atoms with Crippen LogP contribution in [0.3, 0.4) is 0 Å². The number of hydrogen-bond acceptors (Lipinski definition) is 3. The van der Waals surface area contributed by atoms with Crippen LogP contribution in [0, 0.1) is 18.3 Å². The summed E-state index contributed by atoms with van der Waals surface area (Å²) in [5.74, 6) is -0.471. The molecule has 0 unspecified atom stereocenters. The van der Waals surface area contributed by atoms with Crippen LogP contribution < -0.4 is 0 Å². The summed E-state index contributed by atoms with van der Waals surface area (Å²) in [6, 6.07) is 8.90. The van der Waals surface area contributed by atoms with E-state index in [0.717, 1.165) is 11.1 Å². The fourth-order valence-corrected chi connectivity index (χ4v) is 2.09. The van der Waals surface area contributed by atoms with Gasteiger partial charge in [0.25, 0.3) is 0 Å². The minimum absolute atomic E-state index is 0.0547. The second kappa shape index (κ2) is 4.25. The van der Waals surface area contributed by atoms with Gasteiger partial charge in [0.05, 0.1) is 11.8 Å². The molecule has 0 radical (unpaired) electrons. The van der Waals surface area contributed by atoms with Crippen LogP contribution in [0.1, 0.15) is 11.1 Å². The zero-order valence-corrected chi connectivity index (χ0v) is 8.71. The molecule has 0 atom stereocenters. The van der Waals surface area contributed by atoms with Gasteiger partial charge < -0.3 is 0 Å². The van der Waals surface area contributed by atoms with Gasteiger partial charge in [0.2, 0.25) is 0 Å². The summed E-state index contributed by atoms with van der Waals surface area (Å²) in [7, 11) is -3.26. The lowest BCUT2D eigenvalue weighted by molar-refractivity contribution is 0.598. The lowest BCUT2D eigenvalue weighted by Gasteiger charge is -2.00. The molecule has 3 nitrogen and oxygen atoms in total. The van der Waals surface area contributed by atoms with Gasteiger partial charge in [-0.05, 0) is 12.5 Å². The number of sulfone groups is 1. The Morgan fingerprint density at radius 1 is 1.29 bits per heavy atom. The van der Waals surface area contributed by atoms with Crippen molar-refractivity contribution < 1.29 is 8.42 Å². The Hall–Kier alpha value is -1.34. The predicted octanol–water partition coefficient (Wildman–Crippen LogP) is 1.43. The first-order chi connectivity index (χ1) is 6.53. The first kappa shape index (κ1) is 10.7. The smallest absolute Gasteiger partial charge is 0.167 e. The van der Waals surface area contributed by atoms with Gasteiger partial charge in [0, 0.05) is 0 Å². The van der Waals surface area contributed by atoms with E-state index in [1.807, 2.05) is 19.1 Å². The van der Waals surface area contributed by atoms with E-state index in [2.05, 4.69) is 0 Å². The molecular weight excluding hydrogens is 198 g/mol. The van der Waals surface area contributed by atoms with Crippen molar-refractivity contribution in [3.8, 4) is 6.07 Å². The second-order valence-electron chi connectivity index (χ2n) is 3.18. The normalized spacial score (nSPS) is 10.9. The summed E-state index contributed by atoms with van der Waals surface area (Å²) in [5.41, 5.74) is 1.82. The predicted molar refractivity (Wildman–Crippen MR) is 54.3 cm³/mol. The number of aryl methyl sites for hydroxylation is 1. The molecule has 74 valence electrons. The molecule has 4 heteroatoms. The van der Waals surface area contributed by atoms with Crippen molar-refractivity contribution in [2.45, 2.75) is 12.7 Å². The molecule has 0 N–H and O–H groups in total. The van der Waals surface area contributed by atoms with E-state index in [9.17, 15) is 8.42 Å². The third-order valence-corrected chi connectivity index (χ3v) is 3.13. The van der Waals surface area contributed by atoms with Gasteiger partial charge in [-0.2, -0.15) is 5.26 Å². The van der Waals surface area contributed by atoms with Crippen LogP contribution in [0.5, 0.6) is 0 Å². The SMILES string of the molecule is Cc1ccc(CS(=O)(=O)CC#N)cc1. The van der Waals surface area contributed by atoms with E-state index in [1.165, 1.54) is 0 Å². The van der Waals surface area contributed by atoms with Gasteiger partial charge in [0.1, 0.15) is 5.75 Å². The van der Waals surface area contributed by atoms with Crippen LogP contribution in [-0.2, 0) is 15.6 Å².